The maximum atomic E-state index is 12.7. The van der Waals surface area contributed by atoms with Crippen LogP contribution in [0.4, 0.5) is 0 Å². The van der Waals surface area contributed by atoms with Crippen molar-refractivity contribution in [3.63, 3.8) is 0 Å². The van der Waals surface area contributed by atoms with Crippen molar-refractivity contribution in [3.05, 3.63) is 64.2 Å². The molecule has 0 atom stereocenters. The number of fused-ring (bicyclic) bond motifs is 1. The summed E-state index contributed by atoms with van der Waals surface area (Å²) < 4.78 is 26.2. The minimum absolute atomic E-state index is 0.0978. The highest BCUT2D eigenvalue weighted by Gasteiger charge is 2.43. The smallest absolute Gasteiger partial charge is 0.269 e. The Morgan fingerprint density at radius 3 is 2.37 bits per heavy atom. The van der Waals surface area contributed by atoms with E-state index in [2.05, 4.69) is 0 Å². The van der Waals surface area contributed by atoms with Crippen LogP contribution in [0.3, 0.4) is 0 Å². The molecule has 0 bridgehead atoms. The second kappa shape index (κ2) is 6.98. The summed E-state index contributed by atoms with van der Waals surface area (Å²) in [5.41, 5.74) is 1.21. The van der Waals surface area contributed by atoms with E-state index in [9.17, 15) is 18.0 Å². The number of benzene rings is 2. The zero-order valence-corrected chi connectivity index (χ0v) is 16.7. The fourth-order valence-corrected chi connectivity index (χ4v) is 4.97. The van der Waals surface area contributed by atoms with Gasteiger partial charge in [-0.1, -0.05) is 23.7 Å². The van der Waals surface area contributed by atoms with Crippen molar-refractivity contribution in [1.29, 1.82) is 0 Å². The van der Waals surface area contributed by atoms with Crippen LogP contribution in [0.1, 0.15) is 40.1 Å². The van der Waals surface area contributed by atoms with Crippen LogP contribution >= 0.6 is 11.6 Å². The first-order valence-corrected chi connectivity index (χ1v) is 10.2. The van der Waals surface area contributed by atoms with E-state index in [0.717, 1.165) is 9.87 Å². The Morgan fingerprint density at radius 2 is 1.78 bits per heavy atom. The number of rotatable bonds is 4. The highest BCUT2D eigenvalue weighted by Crippen LogP contribution is 2.32. The first-order chi connectivity index (χ1) is 12.6. The molecule has 8 heteroatoms. The van der Waals surface area contributed by atoms with Gasteiger partial charge in [0.2, 0.25) is 0 Å². The molecule has 1 aliphatic heterocycles. The second-order valence-corrected chi connectivity index (χ2v) is 8.92. The van der Waals surface area contributed by atoms with Crippen LogP contribution in [0.2, 0.25) is 5.02 Å². The third kappa shape index (κ3) is 3.44. The van der Waals surface area contributed by atoms with Crippen LogP contribution in [0.25, 0.3) is 0 Å². The molecule has 0 saturated heterocycles. The molecule has 2 aromatic rings. The molecule has 0 unspecified atom stereocenters. The van der Waals surface area contributed by atoms with Gasteiger partial charge in [0.05, 0.1) is 5.56 Å². The van der Waals surface area contributed by atoms with E-state index in [0.29, 0.717) is 11.6 Å². The molecule has 27 heavy (non-hydrogen) atoms. The molecule has 0 aromatic heterocycles. The summed E-state index contributed by atoms with van der Waals surface area (Å²) in [6.45, 7) is 3.61. The quantitative estimate of drug-likeness (QED) is 0.781. The van der Waals surface area contributed by atoms with Crippen molar-refractivity contribution >= 4 is 33.4 Å². The molecule has 0 radical (unpaired) electrons. The topological polar surface area (TPSA) is 74.8 Å². The minimum atomic E-state index is -3.94. The van der Waals surface area contributed by atoms with Crippen molar-refractivity contribution in [2.75, 3.05) is 7.05 Å². The third-order valence-electron chi connectivity index (χ3n) is 4.34. The number of sulfonamides is 1. The van der Waals surface area contributed by atoms with Gasteiger partial charge in [0.1, 0.15) is 4.90 Å². The van der Waals surface area contributed by atoms with Crippen molar-refractivity contribution < 1.29 is 18.0 Å². The molecule has 0 N–H and O–H groups in total. The number of amides is 2. The zero-order chi connectivity index (χ0) is 19.9. The molecule has 0 fully saturated rings. The first-order valence-electron chi connectivity index (χ1n) is 8.35. The summed E-state index contributed by atoms with van der Waals surface area (Å²) in [7, 11) is -2.31. The molecule has 2 amide bonds. The van der Waals surface area contributed by atoms with E-state index >= 15 is 0 Å². The minimum Gasteiger partial charge on any atom is -0.337 e. The fourth-order valence-electron chi connectivity index (χ4n) is 3.05. The Balaban J connectivity index is 1.89. The van der Waals surface area contributed by atoms with E-state index in [4.69, 9.17) is 11.6 Å². The van der Waals surface area contributed by atoms with Gasteiger partial charge in [-0.05, 0) is 49.7 Å². The summed E-state index contributed by atoms with van der Waals surface area (Å²) >= 11 is 5.86. The molecular weight excluding hydrogens is 388 g/mol. The van der Waals surface area contributed by atoms with Gasteiger partial charge >= 0.3 is 0 Å². The molecule has 1 heterocycles. The predicted octanol–water partition coefficient (Wildman–Crippen LogP) is 3.17. The summed E-state index contributed by atoms with van der Waals surface area (Å²) in [6, 6.07) is 10.8. The Hall–Kier alpha value is -2.38. The number of hydrogen-bond donors (Lipinski definition) is 0. The number of nitrogens with zero attached hydrogens (tertiary/aromatic N) is 2. The summed E-state index contributed by atoms with van der Waals surface area (Å²) in [5, 5.41) is 0.607. The predicted molar refractivity (Wildman–Crippen MR) is 102 cm³/mol. The van der Waals surface area contributed by atoms with E-state index in [1.165, 1.54) is 23.1 Å². The van der Waals surface area contributed by atoms with Crippen LogP contribution in [-0.2, 0) is 16.6 Å². The van der Waals surface area contributed by atoms with Crippen LogP contribution in [0.15, 0.2) is 47.4 Å². The zero-order valence-electron chi connectivity index (χ0n) is 15.1. The van der Waals surface area contributed by atoms with Gasteiger partial charge in [0, 0.05) is 30.2 Å². The summed E-state index contributed by atoms with van der Waals surface area (Å²) in [4.78, 5) is 26.5. The number of carbonyl (C=O) groups excluding carboxylic acids is 2. The molecule has 6 nitrogen and oxygen atoms in total. The van der Waals surface area contributed by atoms with E-state index in [1.54, 1.807) is 33.0 Å². The molecular formula is C19H19ClN2O4S. The largest absolute Gasteiger partial charge is 0.337 e. The average molecular weight is 407 g/mol. The van der Waals surface area contributed by atoms with Crippen molar-refractivity contribution in [2.45, 2.75) is 31.3 Å². The third-order valence-corrected chi connectivity index (χ3v) is 6.60. The number of halogens is 1. The molecule has 3 rings (SSSR count). The fraction of sp³-hybridized carbons (Fsp3) is 0.263. The lowest BCUT2D eigenvalue weighted by atomic mass is 10.1. The SMILES string of the molecule is CC(C)N1C(=O)c2ccc(C(=O)N(C)Cc3ccc(Cl)cc3)cc2S1(=O)=O. The van der Waals surface area contributed by atoms with Gasteiger partial charge in [0.25, 0.3) is 21.8 Å². The lowest BCUT2D eigenvalue weighted by molar-refractivity contribution is 0.0783. The standard InChI is InChI=1S/C19H19ClN2O4S/c1-12(2)22-19(24)16-9-6-14(10-17(16)27(22,25)26)18(23)21(3)11-13-4-7-15(20)8-5-13/h4-10,12H,11H2,1-3H3. The van der Waals surface area contributed by atoms with Gasteiger partial charge in [-0.2, -0.15) is 0 Å². The van der Waals surface area contributed by atoms with Gasteiger partial charge < -0.3 is 4.90 Å². The molecule has 2 aromatic carbocycles. The average Bonchev–Trinajstić information content (AvgIpc) is 2.81. The molecule has 0 spiro atoms. The summed E-state index contributed by atoms with van der Waals surface area (Å²) in [5.74, 6) is -0.896. The Morgan fingerprint density at radius 1 is 1.15 bits per heavy atom. The monoisotopic (exact) mass is 406 g/mol. The second-order valence-electron chi connectivity index (χ2n) is 6.70. The molecule has 1 aliphatic rings. The molecule has 0 saturated carbocycles. The number of hydrogen-bond acceptors (Lipinski definition) is 4. The highest BCUT2D eigenvalue weighted by atomic mass is 35.5. The van der Waals surface area contributed by atoms with E-state index in [-0.39, 0.29) is 21.9 Å². The van der Waals surface area contributed by atoms with Gasteiger partial charge in [0.15, 0.2) is 0 Å². The maximum absolute atomic E-state index is 12.7. The lowest BCUT2D eigenvalue weighted by Crippen LogP contribution is -2.36. The maximum Gasteiger partial charge on any atom is 0.269 e. The highest BCUT2D eigenvalue weighted by molar-refractivity contribution is 7.90. The van der Waals surface area contributed by atoms with Gasteiger partial charge in [-0.25, -0.2) is 12.7 Å². The van der Waals surface area contributed by atoms with Gasteiger partial charge in [-0.15, -0.1) is 0 Å². The normalized spacial score (nSPS) is 15.1. The number of carbonyl (C=O) groups is 2. The van der Waals surface area contributed by atoms with Crippen LogP contribution in [0, 0.1) is 0 Å². The van der Waals surface area contributed by atoms with E-state index < -0.39 is 22.0 Å². The molecule has 0 aliphatic carbocycles. The summed E-state index contributed by atoms with van der Waals surface area (Å²) in [6.07, 6.45) is 0. The Labute approximate surface area is 163 Å². The Bertz CT molecular complexity index is 1020. The Kier molecular flexibility index (Phi) is 5.01. The molecule has 142 valence electrons. The van der Waals surface area contributed by atoms with Crippen molar-refractivity contribution in [3.8, 4) is 0 Å². The first kappa shape index (κ1) is 19.4. The van der Waals surface area contributed by atoms with Crippen LogP contribution < -0.4 is 0 Å². The van der Waals surface area contributed by atoms with Gasteiger partial charge in [-0.3, -0.25) is 9.59 Å². The van der Waals surface area contributed by atoms with Crippen molar-refractivity contribution in [1.82, 2.24) is 9.21 Å². The van der Waals surface area contributed by atoms with E-state index in [1.807, 2.05) is 12.1 Å². The van der Waals surface area contributed by atoms with Crippen molar-refractivity contribution in [2.24, 2.45) is 0 Å². The van der Waals surface area contributed by atoms with Crippen LogP contribution in [-0.4, -0.2) is 42.5 Å². The van der Waals surface area contributed by atoms with Crippen LogP contribution in [0.5, 0.6) is 0 Å². The lowest BCUT2D eigenvalue weighted by Gasteiger charge is -2.19.